The van der Waals surface area contributed by atoms with Gasteiger partial charge in [0.15, 0.2) is 0 Å². The molecule has 0 radical (unpaired) electrons. The molecule has 2 fully saturated rings. The monoisotopic (exact) mass is 268 g/mol. The van der Waals surface area contributed by atoms with E-state index in [0.29, 0.717) is 11.5 Å². The maximum Gasteiger partial charge on any atom is 0.0852 e. The van der Waals surface area contributed by atoms with Gasteiger partial charge >= 0.3 is 0 Å². The summed E-state index contributed by atoms with van der Waals surface area (Å²) in [5, 5.41) is 13.3. The van der Waals surface area contributed by atoms with Crippen molar-refractivity contribution < 1.29 is 0 Å². The molecule has 0 aromatic heterocycles. The summed E-state index contributed by atoms with van der Waals surface area (Å²) < 4.78 is 0. The highest BCUT2D eigenvalue weighted by atomic mass is 15.0. The summed E-state index contributed by atoms with van der Waals surface area (Å²) in [5.41, 5.74) is 1.52. The molecule has 0 amide bonds. The van der Waals surface area contributed by atoms with Crippen LogP contribution in [0.5, 0.6) is 0 Å². The van der Waals surface area contributed by atoms with Crippen molar-refractivity contribution in [3.8, 4) is 6.07 Å². The van der Waals surface area contributed by atoms with Crippen molar-refractivity contribution in [1.29, 1.82) is 5.26 Å². The van der Waals surface area contributed by atoms with Gasteiger partial charge in [-0.15, -0.1) is 0 Å². The van der Waals surface area contributed by atoms with Crippen LogP contribution in [0.4, 0.5) is 0 Å². The molecule has 0 unspecified atom stereocenters. The largest absolute Gasteiger partial charge is 0.313 e. The highest BCUT2D eigenvalue weighted by molar-refractivity contribution is 5.36. The molecular weight excluding hydrogens is 244 g/mol. The van der Waals surface area contributed by atoms with E-state index in [2.05, 4.69) is 30.4 Å². The number of hydrogen-bond acceptors (Lipinski definition) is 2. The van der Waals surface area contributed by atoms with Crippen molar-refractivity contribution in [1.82, 2.24) is 5.32 Å². The number of benzene rings is 1. The van der Waals surface area contributed by atoms with Crippen LogP contribution in [0.1, 0.15) is 51.0 Å². The molecule has 0 aliphatic heterocycles. The van der Waals surface area contributed by atoms with Crippen molar-refractivity contribution in [3.63, 3.8) is 0 Å². The Hall–Kier alpha value is -1.33. The van der Waals surface area contributed by atoms with Crippen LogP contribution in [0.25, 0.3) is 0 Å². The van der Waals surface area contributed by atoms with Gasteiger partial charge in [0.05, 0.1) is 11.5 Å². The van der Waals surface area contributed by atoms with Crippen LogP contribution >= 0.6 is 0 Å². The number of nitrogens with zero attached hydrogens (tertiary/aromatic N) is 1. The van der Waals surface area contributed by atoms with E-state index in [9.17, 15) is 5.26 Å². The third kappa shape index (κ3) is 2.25. The van der Waals surface area contributed by atoms with E-state index in [-0.39, 0.29) is 5.41 Å². The van der Waals surface area contributed by atoms with Gasteiger partial charge < -0.3 is 5.32 Å². The van der Waals surface area contributed by atoms with E-state index in [1.54, 1.807) is 0 Å². The second-order valence-corrected chi connectivity index (χ2v) is 6.75. The maximum absolute atomic E-state index is 9.56. The quantitative estimate of drug-likeness (QED) is 0.882. The fourth-order valence-electron chi connectivity index (χ4n) is 3.77. The second kappa shape index (κ2) is 5.22. The molecule has 2 aliphatic carbocycles. The zero-order valence-corrected chi connectivity index (χ0v) is 12.4. The van der Waals surface area contributed by atoms with Gasteiger partial charge in [0.25, 0.3) is 0 Å². The molecule has 2 nitrogen and oxygen atoms in total. The third-order valence-electron chi connectivity index (χ3n) is 5.66. The van der Waals surface area contributed by atoms with E-state index >= 15 is 0 Å². The normalized spacial score (nSPS) is 30.9. The van der Waals surface area contributed by atoms with Crippen LogP contribution in [-0.4, -0.2) is 12.6 Å². The minimum atomic E-state index is -0.238. The predicted octanol–water partition coefficient (Wildman–Crippen LogP) is 3.78. The fourth-order valence-corrected chi connectivity index (χ4v) is 3.77. The molecule has 106 valence electrons. The van der Waals surface area contributed by atoms with Crippen molar-refractivity contribution >= 4 is 0 Å². The maximum atomic E-state index is 9.56. The standard InChI is InChI=1S/C18H24N2/c1-2-17(9-6-10-17)14-20-16-11-18(12-16,13-19)15-7-4-3-5-8-15/h3-5,7-8,16,20H,2,6,9-12,14H2,1H3. The molecule has 0 saturated heterocycles. The van der Waals surface area contributed by atoms with Crippen molar-refractivity contribution in [2.75, 3.05) is 6.54 Å². The van der Waals surface area contributed by atoms with Crippen molar-refractivity contribution in [2.45, 2.75) is 56.9 Å². The molecule has 3 rings (SSSR count). The lowest BCUT2D eigenvalue weighted by Crippen LogP contribution is -2.54. The summed E-state index contributed by atoms with van der Waals surface area (Å²) in [5.74, 6) is 0. The van der Waals surface area contributed by atoms with Crippen LogP contribution < -0.4 is 5.32 Å². The summed E-state index contributed by atoms with van der Waals surface area (Å²) in [6.45, 7) is 3.45. The zero-order valence-electron chi connectivity index (χ0n) is 12.4. The molecule has 2 heteroatoms. The van der Waals surface area contributed by atoms with Gasteiger partial charge in [0.1, 0.15) is 0 Å². The first kappa shape index (κ1) is 13.6. The lowest BCUT2D eigenvalue weighted by molar-refractivity contribution is 0.102. The Morgan fingerprint density at radius 2 is 1.95 bits per heavy atom. The number of nitriles is 1. The van der Waals surface area contributed by atoms with Crippen LogP contribution in [0.15, 0.2) is 30.3 Å². The molecule has 2 saturated carbocycles. The van der Waals surface area contributed by atoms with Crippen LogP contribution in [-0.2, 0) is 5.41 Å². The van der Waals surface area contributed by atoms with Gasteiger partial charge in [0.2, 0.25) is 0 Å². The highest BCUT2D eigenvalue weighted by Crippen LogP contribution is 2.46. The van der Waals surface area contributed by atoms with Gasteiger partial charge in [-0.3, -0.25) is 0 Å². The molecule has 0 atom stereocenters. The molecule has 1 aromatic rings. The van der Waals surface area contributed by atoms with Crippen molar-refractivity contribution in [2.24, 2.45) is 5.41 Å². The first-order chi connectivity index (χ1) is 9.72. The summed E-state index contributed by atoms with van der Waals surface area (Å²) in [4.78, 5) is 0. The Morgan fingerprint density at radius 3 is 2.45 bits per heavy atom. The first-order valence-electron chi connectivity index (χ1n) is 7.92. The fraction of sp³-hybridized carbons (Fsp3) is 0.611. The van der Waals surface area contributed by atoms with Gasteiger partial charge in [-0.2, -0.15) is 5.26 Å². The van der Waals surface area contributed by atoms with E-state index in [1.807, 2.05) is 18.2 Å². The topological polar surface area (TPSA) is 35.8 Å². The van der Waals surface area contributed by atoms with Gasteiger partial charge in [-0.1, -0.05) is 43.7 Å². The Balaban J connectivity index is 1.56. The van der Waals surface area contributed by atoms with Crippen LogP contribution in [0, 0.1) is 16.7 Å². The average Bonchev–Trinajstić information content (AvgIpc) is 2.41. The summed E-state index contributed by atoms with van der Waals surface area (Å²) in [7, 11) is 0. The summed E-state index contributed by atoms with van der Waals surface area (Å²) in [6.07, 6.45) is 7.37. The van der Waals surface area contributed by atoms with E-state index in [4.69, 9.17) is 0 Å². The van der Waals surface area contributed by atoms with E-state index < -0.39 is 0 Å². The minimum absolute atomic E-state index is 0.238. The van der Waals surface area contributed by atoms with Gasteiger partial charge in [-0.05, 0) is 43.1 Å². The number of hydrogen-bond donors (Lipinski definition) is 1. The molecule has 0 bridgehead atoms. The Bertz CT molecular complexity index is 484. The third-order valence-corrected chi connectivity index (χ3v) is 5.66. The summed E-state index contributed by atoms with van der Waals surface area (Å²) in [6, 6.07) is 13.4. The van der Waals surface area contributed by atoms with Gasteiger partial charge in [0, 0.05) is 12.6 Å². The lowest BCUT2D eigenvalue weighted by Gasteiger charge is -2.47. The van der Waals surface area contributed by atoms with Crippen LogP contribution in [0.2, 0.25) is 0 Å². The number of rotatable bonds is 5. The molecular formula is C18H24N2. The molecule has 1 aromatic carbocycles. The minimum Gasteiger partial charge on any atom is -0.313 e. The van der Waals surface area contributed by atoms with Crippen LogP contribution in [0.3, 0.4) is 0 Å². The summed E-state index contributed by atoms with van der Waals surface area (Å²) >= 11 is 0. The van der Waals surface area contributed by atoms with Gasteiger partial charge in [-0.25, -0.2) is 0 Å². The lowest BCUT2D eigenvalue weighted by atomic mass is 9.61. The SMILES string of the molecule is CCC1(CNC2CC(C#N)(c3ccccc3)C2)CCC1. The molecule has 2 aliphatic rings. The Morgan fingerprint density at radius 1 is 1.25 bits per heavy atom. The molecule has 0 heterocycles. The number of nitrogens with one attached hydrogen (secondary N) is 1. The van der Waals surface area contributed by atoms with E-state index in [1.165, 1.54) is 31.2 Å². The Kier molecular flexibility index (Phi) is 3.56. The zero-order chi connectivity index (χ0) is 14.1. The molecule has 0 spiro atoms. The highest BCUT2D eigenvalue weighted by Gasteiger charge is 2.46. The predicted molar refractivity (Wildman–Crippen MR) is 81.3 cm³/mol. The van der Waals surface area contributed by atoms with Crippen molar-refractivity contribution in [3.05, 3.63) is 35.9 Å². The second-order valence-electron chi connectivity index (χ2n) is 6.75. The molecule has 1 N–H and O–H groups in total. The Labute approximate surface area is 122 Å². The average molecular weight is 268 g/mol. The smallest absolute Gasteiger partial charge is 0.0852 e. The van der Waals surface area contributed by atoms with E-state index in [0.717, 1.165) is 19.4 Å². The molecule has 20 heavy (non-hydrogen) atoms. The first-order valence-corrected chi connectivity index (χ1v) is 7.92.